The molecule has 0 N–H and O–H groups in total. The van der Waals surface area contributed by atoms with E-state index in [1.54, 1.807) is 18.2 Å². The molecule has 0 amide bonds. The normalized spacial score (nSPS) is 11.9. The lowest BCUT2D eigenvalue weighted by molar-refractivity contribution is -0.384. The number of nitro groups is 1. The number of benzene rings is 1. The van der Waals surface area contributed by atoms with E-state index in [-0.39, 0.29) is 16.7 Å². The largest absolute Gasteiger partial charge is 0.299 e. The molecular formula is C15H16N4O3S. The number of rotatable bonds is 7. The Morgan fingerprint density at radius 3 is 2.61 bits per heavy atom. The number of thioether (sulfide) groups is 1. The molecule has 1 aromatic heterocycles. The molecule has 7 nitrogen and oxygen atoms in total. The molecule has 8 heteroatoms. The molecule has 2 rings (SSSR count). The van der Waals surface area contributed by atoms with Gasteiger partial charge in [0.1, 0.15) is 5.78 Å². The molecule has 0 aliphatic carbocycles. The Labute approximate surface area is 137 Å². The Bertz CT molecular complexity index is 740. The van der Waals surface area contributed by atoms with E-state index >= 15 is 0 Å². The van der Waals surface area contributed by atoms with E-state index in [2.05, 4.69) is 16.8 Å². The number of non-ortho nitro benzene ring substituents is 1. The molecule has 0 saturated heterocycles. The molecule has 1 atom stereocenters. The minimum Gasteiger partial charge on any atom is -0.299 e. The molecule has 2 aromatic rings. The van der Waals surface area contributed by atoms with Gasteiger partial charge in [-0.3, -0.25) is 19.5 Å². The van der Waals surface area contributed by atoms with E-state index in [4.69, 9.17) is 0 Å². The van der Waals surface area contributed by atoms with Gasteiger partial charge in [0.05, 0.1) is 10.2 Å². The number of hydrogen-bond acceptors (Lipinski definition) is 6. The number of nitro benzene ring substituents is 1. The number of allylic oxidation sites excluding steroid dienone is 1. The van der Waals surface area contributed by atoms with Crippen molar-refractivity contribution in [2.45, 2.75) is 30.8 Å². The summed E-state index contributed by atoms with van der Waals surface area (Å²) in [6.07, 6.45) is 1.71. The van der Waals surface area contributed by atoms with Gasteiger partial charge in [-0.2, -0.15) is 0 Å². The number of carbonyl (C=O) groups excluding carboxylic acids is 1. The van der Waals surface area contributed by atoms with Gasteiger partial charge in [-0.1, -0.05) is 17.8 Å². The molecule has 0 fully saturated rings. The second-order valence-electron chi connectivity index (χ2n) is 4.88. The zero-order valence-electron chi connectivity index (χ0n) is 12.8. The van der Waals surface area contributed by atoms with Crippen LogP contribution in [0.25, 0.3) is 11.4 Å². The average Bonchev–Trinajstić information content (AvgIpc) is 2.90. The first-order valence-corrected chi connectivity index (χ1v) is 7.78. The molecule has 23 heavy (non-hydrogen) atoms. The van der Waals surface area contributed by atoms with Crippen molar-refractivity contribution < 1.29 is 9.72 Å². The summed E-state index contributed by atoms with van der Waals surface area (Å²) in [6.45, 7) is 7.54. The Morgan fingerprint density at radius 2 is 2.09 bits per heavy atom. The van der Waals surface area contributed by atoms with Crippen molar-refractivity contribution in [3.8, 4) is 11.4 Å². The van der Waals surface area contributed by atoms with E-state index in [0.717, 1.165) is 0 Å². The number of Topliss-reactive ketones (excluding diaryl/α,β-unsaturated/α-hetero) is 1. The van der Waals surface area contributed by atoms with Crippen LogP contribution in [0.2, 0.25) is 0 Å². The van der Waals surface area contributed by atoms with Crippen molar-refractivity contribution in [2.24, 2.45) is 0 Å². The Morgan fingerprint density at radius 1 is 1.43 bits per heavy atom. The van der Waals surface area contributed by atoms with Crippen molar-refractivity contribution in [1.29, 1.82) is 0 Å². The minimum absolute atomic E-state index is 0.0170. The predicted molar refractivity (Wildman–Crippen MR) is 88.3 cm³/mol. The Hall–Kier alpha value is -2.48. The number of aromatic nitrogens is 3. The van der Waals surface area contributed by atoms with Crippen LogP contribution < -0.4 is 0 Å². The monoisotopic (exact) mass is 332 g/mol. The van der Waals surface area contributed by atoms with Crippen LogP contribution in [-0.4, -0.2) is 30.7 Å². The second kappa shape index (κ2) is 7.19. The second-order valence-corrected chi connectivity index (χ2v) is 6.19. The molecule has 0 radical (unpaired) electrons. The van der Waals surface area contributed by atoms with Crippen LogP contribution in [0.4, 0.5) is 5.69 Å². The van der Waals surface area contributed by atoms with Gasteiger partial charge < -0.3 is 0 Å². The summed E-state index contributed by atoms with van der Waals surface area (Å²) in [4.78, 5) is 21.7. The fraction of sp³-hybridized carbons (Fsp3) is 0.267. The summed E-state index contributed by atoms with van der Waals surface area (Å²) in [6, 6.07) is 6.11. The first kappa shape index (κ1) is 16.9. The van der Waals surface area contributed by atoms with Crippen LogP contribution in [0.3, 0.4) is 0 Å². The number of ketones is 1. The van der Waals surface area contributed by atoms with Crippen molar-refractivity contribution in [1.82, 2.24) is 14.8 Å². The van der Waals surface area contributed by atoms with Gasteiger partial charge in [0.25, 0.3) is 5.69 Å². The van der Waals surface area contributed by atoms with Crippen molar-refractivity contribution in [3.05, 3.63) is 47.0 Å². The predicted octanol–water partition coefficient (Wildman–Crippen LogP) is 3.11. The SMILES string of the molecule is C=CCn1c(S[C@@H](C)C(C)=O)nnc1-c1ccc([N+](=O)[O-])cc1. The summed E-state index contributed by atoms with van der Waals surface area (Å²) in [5.74, 6) is 0.637. The standard InChI is InChI=1S/C15H16N4O3S/c1-4-9-18-14(12-5-7-13(8-6-12)19(21)22)16-17-15(18)23-11(3)10(2)20/h4-8,11H,1,9H2,2-3H3/t11-/m0/s1. The third kappa shape index (κ3) is 3.84. The molecule has 0 aliphatic heterocycles. The molecule has 0 bridgehead atoms. The highest BCUT2D eigenvalue weighted by Gasteiger charge is 2.18. The topological polar surface area (TPSA) is 90.9 Å². The van der Waals surface area contributed by atoms with E-state index in [9.17, 15) is 14.9 Å². The maximum Gasteiger partial charge on any atom is 0.269 e. The highest BCUT2D eigenvalue weighted by atomic mass is 32.2. The maximum atomic E-state index is 11.4. The molecule has 1 aromatic carbocycles. The lowest BCUT2D eigenvalue weighted by Gasteiger charge is -2.10. The van der Waals surface area contributed by atoms with Crippen LogP contribution in [-0.2, 0) is 11.3 Å². The molecule has 0 saturated carbocycles. The first-order chi connectivity index (χ1) is 10.9. The lowest BCUT2D eigenvalue weighted by atomic mass is 10.2. The third-order valence-electron chi connectivity index (χ3n) is 3.22. The molecule has 0 aliphatic rings. The van der Waals surface area contributed by atoms with Gasteiger partial charge in [-0.25, -0.2) is 0 Å². The van der Waals surface area contributed by atoms with Crippen LogP contribution in [0.1, 0.15) is 13.8 Å². The molecule has 120 valence electrons. The van der Waals surface area contributed by atoms with Gasteiger partial charge in [0, 0.05) is 24.2 Å². The highest BCUT2D eigenvalue weighted by molar-refractivity contribution is 8.00. The zero-order valence-corrected chi connectivity index (χ0v) is 13.6. The summed E-state index contributed by atoms with van der Waals surface area (Å²) in [7, 11) is 0. The van der Waals surface area contributed by atoms with Gasteiger partial charge in [0.2, 0.25) is 0 Å². The van der Waals surface area contributed by atoms with Gasteiger partial charge in [-0.05, 0) is 26.0 Å². The Kier molecular flexibility index (Phi) is 5.28. The van der Waals surface area contributed by atoms with Gasteiger partial charge in [0.15, 0.2) is 11.0 Å². The van der Waals surface area contributed by atoms with Crippen molar-refractivity contribution in [3.63, 3.8) is 0 Å². The Balaban J connectivity index is 2.38. The van der Waals surface area contributed by atoms with Crippen LogP contribution >= 0.6 is 11.8 Å². The number of nitrogens with zero attached hydrogens (tertiary/aromatic N) is 4. The third-order valence-corrected chi connectivity index (χ3v) is 4.42. The van der Waals surface area contributed by atoms with Crippen LogP contribution in [0.5, 0.6) is 0 Å². The van der Waals surface area contributed by atoms with Crippen LogP contribution in [0, 0.1) is 10.1 Å². The molecule has 0 unspecified atom stereocenters. The quantitative estimate of drug-likeness (QED) is 0.335. The average molecular weight is 332 g/mol. The lowest BCUT2D eigenvalue weighted by Crippen LogP contribution is -2.10. The summed E-state index contributed by atoms with van der Waals surface area (Å²) in [5.41, 5.74) is 0.732. The molecule has 1 heterocycles. The van der Waals surface area contributed by atoms with Gasteiger partial charge >= 0.3 is 0 Å². The minimum atomic E-state index is -0.450. The summed E-state index contributed by atoms with van der Waals surface area (Å²) < 4.78 is 1.83. The van der Waals surface area contributed by atoms with E-state index in [1.807, 2.05) is 11.5 Å². The number of hydrogen-bond donors (Lipinski definition) is 0. The van der Waals surface area contributed by atoms with E-state index in [1.165, 1.54) is 30.8 Å². The molecular weight excluding hydrogens is 316 g/mol. The fourth-order valence-corrected chi connectivity index (χ4v) is 2.71. The van der Waals surface area contributed by atoms with Crippen molar-refractivity contribution in [2.75, 3.05) is 0 Å². The van der Waals surface area contributed by atoms with E-state index in [0.29, 0.717) is 23.1 Å². The maximum absolute atomic E-state index is 11.4. The highest BCUT2D eigenvalue weighted by Crippen LogP contribution is 2.28. The van der Waals surface area contributed by atoms with Crippen molar-refractivity contribution >= 4 is 23.2 Å². The smallest absolute Gasteiger partial charge is 0.269 e. The van der Waals surface area contributed by atoms with Gasteiger partial charge in [-0.15, -0.1) is 16.8 Å². The number of carbonyl (C=O) groups is 1. The first-order valence-electron chi connectivity index (χ1n) is 6.90. The fourth-order valence-electron chi connectivity index (χ4n) is 1.86. The summed E-state index contributed by atoms with van der Waals surface area (Å²) >= 11 is 1.33. The van der Waals surface area contributed by atoms with Crippen LogP contribution in [0.15, 0.2) is 42.1 Å². The summed E-state index contributed by atoms with van der Waals surface area (Å²) in [5, 5.41) is 19.4. The van der Waals surface area contributed by atoms with E-state index < -0.39 is 4.92 Å². The molecule has 0 spiro atoms. The zero-order chi connectivity index (χ0) is 17.0.